The van der Waals surface area contributed by atoms with Gasteiger partial charge in [-0.2, -0.15) is 0 Å². The van der Waals surface area contributed by atoms with E-state index in [-0.39, 0.29) is 17.1 Å². The fourth-order valence-corrected chi connectivity index (χ4v) is 4.07. The van der Waals surface area contributed by atoms with Gasteiger partial charge in [0.1, 0.15) is 11.5 Å². The van der Waals surface area contributed by atoms with Crippen LogP contribution in [0, 0.1) is 0 Å². The largest absolute Gasteiger partial charge is 0.457 e. The van der Waals surface area contributed by atoms with Gasteiger partial charge in [-0.1, -0.05) is 72.8 Å². The van der Waals surface area contributed by atoms with Gasteiger partial charge in [0.2, 0.25) is 0 Å². The van der Waals surface area contributed by atoms with Crippen molar-refractivity contribution in [2.24, 2.45) is 0 Å². The molecule has 0 spiro atoms. The van der Waals surface area contributed by atoms with Crippen LogP contribution in [0.3, 0.4) is 0 Å². The minimum Gasteiger partial charge on any atom is -0.457 e. The molecule has 34 heavy (non-hydrogen) atoms. The van der Waals surface area contributed by atoms with Crippen LogP contribution in [0.15, 0.2) is 114 Å². The number of allylic oxidation sites excluding steroid dienone is 5. The zero-order valence-corrected chi connectivity index (χ0v) is 19.0. The molecule has 0 unspecified atom stereocenters. The van der Waals surface area contributed by atoms with Crippen molar-refractivity contribution < 1.29 is 14.3 Å². The Bertz CT molecular complexity index is 1370. The molecular weight excluding hydrogens is 422 g/mol. The van der Waals surface area contributed by atoms with Crippen molar-refractivity contribution in [2.75, 3.05) is 19.0 Å². The molecule has 0 saturated heterocycles. The highest BCUT2D eigenvalue weighted by Gasteiger charge is 2.35. The molecular formula is C30H23NO3. The number of benzene rings is 3. The molecule has 1 aliphatic heterocycles. The Morgan fingerprint density at radius 3 is 1.94 bits per heavy atom. The molecule has 0 saturated carbocycles. The third kappa shape index (κ3) is 4.02. The van der Waals surface area contributed by atoms with Gasteiger partial charge in [0.05, 0.1) is 5.57 Å². The summed E-state index contributed by atoms with van der Waals surface area (Å²) in [6, 6.07) is 24.8. The number of hydrogen-bond donors (Lipinski definition) is 0. The molecule has 0 radical (unpaired) electrons. The van der Waals surface area contributed by atoms with Crippen LogP contribution >= 0.6 is 0 Å². The number of Topliss-reactive ketones (excluding diaryl/α,β-unsaturated/α-hetero) is 2. The quantitative estimate of drug-likeness (QED) is 0.360. The number of anilines is 1. The van der Waals surface area contributed by atoms with Gasteiger partial charge in [-0.05, 0) is 41.5 Å². The molecule has 166 valence electrons. The second kappa shape index (κ2) is 8.83. The van der Waals surface area contributed by atoms with Crippen molar-refractivity contribution in [3.8, 4) is 0 Å². The molecule has 0 bridgehead atoms. The number of ether oxygens (including phenoxy) is 1. The van der Waals surface area contributed by atoms with E-state index in [0.717, 1.165) is 16.8 Å². The zero-order valence-electron chi connectivity index (χ0n) is 19.0. The normalized spacial score (nSPS) is 15.2. The van der Waals surface area contributed by atoms with Crippen molar-refractivity contribution in [2.45, 2.75) is 0 Å². The molecule has 1 heterocycles. The molecule has 0 amide bonds. The summed E-state index contributed by atoms with van der Waals surface area (Å²) >= 11 is 0. The molecule has 5 rings (SSSR count). The standard InChI is InChI=1S/C30H23NO3/c1-31(2)23-15-12-20(13-16-23)14-17-24-18-22(19-27(34-24)21-8-4-3-5-9-21)28-29(32)25-10-6-7-11-26(25)30(28)33/h3-19H,1-2H3. The Morgan fingerprint density at radius 2 is 1.32 bits per heavy atom. The van der Waals surface area contributed by atoms with Gasteiger partial charge in [-0.25, -0.2) is 0 Å². The van der Waals surface area contributed by atoms with Crippen molar-refractivity contribution in [1.82, 2.24) is 0 Å². The van der Waals surface area contributed by atoms with Crippen LogP contribution in [0.1, 0.15) is 31.8 Å². The average Bonchev–Trinajstić information content (AvgIpc) is 3.13. The second-order valence-electron chi connectivity index (χ2n) is 8.38. The van der Waals surface area contributed by atoms with Gasteiger partial charge in [-0.3, -0.25) is 9.59 Å². The number of ketones is 2. The highest BCUT2D eigenvalue weighted by atomic mass is 16.5. The van der Waals surface area contributed by atoms with Crippen LogP contribution in [0.25, 0.3) is 11.8 Å². The lowest BCUT2D eigenvalue weighted by atomic mass is 9.99. The summed E-state index contributed by atoms with van der Waals surface area (Å²) in [5.41, 5.74) is 4.62. The third-order valence-corrected chi connectivity index (χ3v) is 5.88. The van der Waals surface area contributed by atoms with E-state index in [1.54, 1.807) is 36.4 Å². The summed E-state index contributed by atoms with van der Waals surface area (Å²) in [7, 11) is 4.00. The van der Waals surface area contributed by atoms with Gasteiger partial charge in [0, 0.05) is 36.5 Å². The zero-order chi connectivity index (χ0) is 23.7. The summed E-state index contributed by atoms with van der Waals surface area (Å²) in [5, 5.41) is 0. The van der Waals surface area contributed by atoms with Crippen LogP contribution in [-0.2, 0) is 4.74 Å². The predicted molar refractivity (Wildman–Crippen MR) is 136 cm³/mol. The van der Waals surface area contributed by atoms with Gasteiger partial charge in [0.25, 0.3) is 0 Å². The molecule has 1 aliphatic carbocycles. The number of hydrogen-bond acceptors (Lipinski definition) is 4. The van der Waals surface area contributed by atoms with E-state index < -0.39 is 0 Å². The Morgan fingerprint density at radius 1 is 0.706 bits per heavy atom. The van der Waals surface area contributed by atoms with Crippen LogP contribution in [0.2, 0.25) is 0 Å². The third-order valence-electron chi connectivity index (χ3n) is 5.88. The lowest BCUT2D eigenvalue weighted by Gasteiger charge is -2.17. The van der Waals surface area contributed by atoms with Crippen LogP contribution in [0.5, 0.6) is 0 Å². The minimum atomic E-state index is -0.250. The highest BCUT2D eigenvalue weighted by Crippen LogP contribution is 2.34. The maximum absolute atomic E-state index is 13.1. The first-order valence-corrected chi connectivity index (χ1v) is 11.1. The van der Waals surface area contributed by atoms with Crippen molar-refractivity contribution in [3.63, 3.8) is 0 Å². The fourth-order valence-electron chi connectivity index (χ4n) is 4.07. The van der Waals surface area contributed by atoms with E-state index in [2.05, 4.69) is 0 Å². The average molecular weight is 446 g/mol. The first-order valence-electron chi connectivity index (χ1n) is 11.1. The molecule has 0 N–H and O–H groups in total. The number of carbonyl (C=O) groups excluding carboxylic acids is 2. The molecule has 3 aromatic carbocycles. The van der Waals surface area contributed by atoms with Gasteiger partial charge < -0.3 is 9.64 Å². The maximum Gasteiger partial charge on any atom is 0.198 e. The molecule has 2 aliphatic rings. The molecule has 4 heteroatoms. The van der Waals surface area contributed by atoms with Crippen LogP contribution < -0.4 is 4.90 Å². The van der Waals surface area contributed by atoms with Gasteiger partial charge >= 0.3 is 0 Å². The second-order valence-corrected chi connectivity index (χ2v) is 8.38. The van der Waals surface area contributed by atoms with Crippen LogP contribution in [0.4, 0.5) is 5.69 Å². The Labute approximate surface area is 198 Å². The summed E-state index contributed by atoms with van der Waals surface area (Å²) < 4.78 is 6.16. The van der Waals surface area contributed by atoms with Crippen molar-refractivity contribution >= 4 is 29.1 Å². The smallest absolute Gasteiger partial charge is 0.198 e. The summed E-state index contributed by atoms with van der Waals surface area (Å²) in [4.78, 5) is 28.3. The lowest BCUT2D eigenvalue weighted by molar-refractivity contribution is 0.0988. The highest BCUT2D eigenvalue weighted by molar-refractivity contribution is 6.40. The Hall–Kier alpha value is -4.44. The molecule has 4 nitrogen and oxygen atoms in total. The summed E-state index contributed by atoms with van der Waals surface area (Å²) in [6.07, 6.45) is 7.34. The van der Waals surface area contributed by atoms with Crippen LogP contribution in [-0.4, -0.2) is 25.7 Å². The van der Waals surface area contributed by atoms with Crippen molar-refractivity contribution in [3.05, 3.63) is 136 Å². The molecule has 0 atom stereocenters. The SMILES string of the molecule is CN(C)c1ccc(C=CC2=CC(=C3C(=O)c4ccccc4C3=O)C=C(c3ccccc3)O2)cc1. The maximum atomic E-state index is 13.1. The number of fused-ring (bicyclic) bond motifs is 1. The Balaban J connectivity index is 1.56. The van der Waals surface area contributed by atoms with E-state index in [1.165, 1.54) is 0 Å². The number of rotatable bonds is 4. The topological polar surface area (TPSA) is 46.6 Å². The summed E-state index contributed by atoms with van der Waals surface area (Å²) in [5.74, 6) is 0.641. The lowest BCUT2D eigenvalue weighted by Crippen LogP contribution is -2.08. The van der Waals surface area contributed by atoms with E-state index in [4.69, 9.17) is 4.74 Å². The van der Waals surface area contributed by atoms with E-state index in [1.807, 2.05) is 85.7 Å². The van der Waals surface area contributed by atoms with E-state index in [0.29, 0.717) is 28.2 Å². The number of nitrogens with zero attached hydrogens (tertiary/aromatic N) is 1. The molecule has 3 aromatic rings. The van der Waals surface area contributed by atoms with E-state index >= 15 is 0 Å². The predicted octanol–water partition coefficient (Wildman–Crippen LogP) is 6.10. The summed E-state index contributed by atoms with van der Waals surface area (Å²) in [6.45, 7) is 0. The first-order chi connectivity index (χ1) is 16.5. The molecule has 0 aromatic heterocycles. The van der Waals surface area contributed by atoms with Crippen molar-refractivity contribution in [1.29, 1.82) is 0 Å². The fraction of sp³-hybridized carbons (Fsp3) is 0.0667. The number of carbonyl (C=O) groups is 2. The van der Waals surface area contributed by atoms with E-state index in [9.17, 15) is 9.59 Å². The van der Waals surface area contributed by atoms with Gasteiger partial charge in [0.15, 0.2) is 11.6 Å². The first kappa shape index (κ1) is 21.4. The molecule has 0 fully saturated rings. The Kier molecular flexibility index (Phi) is 5.56. The minimum absolute atomic E-state index is 0.180. The monoisotopic (exact) mass is 445 g/mol. The van der Waals surface area contributed by atoms with Gasteiger partial charge in [-0.15, -0.1) is 0 Å².